The van der Waals surface area contributed by atoms with E-state index in [1.165, 1.54) is 30.6 Å². The molecule has 0 saturated carbocycles. The first-order valence-electron chi connectivity index (χ1n) is 8.11. The van der Waals surface area contributed by atoms with E-state index in [1.807, 2.05) is 13.8 Å². The normalized spacial score (nSPS) is 11.7. The molecule has 0 aliphatic heterocycles. The van der Waals surface area contributed by atoms with Gasteiger partial charge in [0.2, 0.25) is 17.8 Å². The smallest absolute Gasteiger partial charge is 0.292 e. The van der Waals surface area contributed by atoms with Crippen LogP contribution < -0.4 is 10.6 Å². The molecule has 10 heteroatoms. The van der Waals surface area contributed by atoms with E-state index in [0.717, 1.165) is 11.8 Å². The number of para-hydroxylation sites is 2. The molecule has 27 heavy (non-hydrogen) atoms. The minimum atomic E-state index is -0.563. The molecule has 0 fully saturated rings. The Morgan fingerprint density at radius 1 is 1.15 bits per heavy atom. The van der Waals surface area contributed by atoms with E-state index in [0.29, 0.717) is 0 Å². The van der Waals surface area contributed by atoms with Crippen molar-refractivity contribution in [2.75, 3.05) is 16.4 Å². The number of thioether (sulfide) groups is 1. The van der Waals surface area contributed by atoms with Gasteiger partial charge in [-0.2, -0.15) is 0 Å². The van der Waals surface area contributed by atoms with Crippen molar-refractivity contribution in [1.82, 2.24) is 9.97 Å². The van der Waals surface area contributed by atoms with Gasteiger partial charge in [0.1, 0.15) is 5.69 Å². The van der Waals surface area contributed by atoms with Crippen LogP contribution in [-0.2, 0) is 9.59 Å². The van der Waals surface area contributed by atoms with E-state index >= 15 is 0 Å². The van der Waals surface area contributed by atoms with Gasteiger partial charge in [0.05, 0.1) is 15.9 Å². The number of carbonyl (C=O) groups excluding carboxylic acids is 2. The molecule has 1 atom stereocenters. The number of hydrogen-bond acceptors (Lipinski definition) is 7. The number of aromatic nitrogens is 2. The second-order valence-corrected chi connectivity index (χ2v) is 6.99. The van der Waals surface area contributed by atoms with Crippen LogP contribution in [-0.4, -0.2) is 37.7 Å². The zero-order valence-electron chi connectivity index (χ0n) is 14.8. The molecule has 142 valence electrons. The largest absolute Gasteiger partial charge is 0.319 e. The van der Waals surface area contributed by atoms with Crippen molar-refractivity contribution in [3.63, 3.8) is 0 Å². The standard InChI is InChI=1S/C17H19N5O4S/c1-11(2)15(27-10-14(23)21-17-18-8-5-9-19-17)16(24)20-12-6-3-4-7-13(12)22(25)26/h3-9,11,15H,10H2,1-2H3,(H,20,24)(H,18,19,21,23). The Bertz CT molecular complexity index is 816. The maximum absolute atomic E-state index is 12.6. The van der Waals surface area contributed by atoms with Crippen molar-refractivity contribution < 1.29 is 14.5 Å². The van der Waals surface area contributed by atoms with Gasteiger partial charge >= 0.3 is 0 Å². The monoisotopic (exact) mass is 389 g/mol. The fourth-order valence-corrected chi connectivity index (χ4v) is 3.20. The molecule has 0 aliphatic rings. The van der Waals surface area contributed by atoms with E-state index in [-0.39, 0.29) is 34.9 Å². The molecule has 2 aromatic rings. The Morgan fingerprint density at radius 3 is 2.44 bits per heavy atom. The minimum Gasteiger partial charge on any atom is -0.319 e. The topological polar surface area (TPSA) is 127 Å². The average Bonchev–Trinajstić information content (AvgIpc) is 2.62. The van der Waals surface area contributed by atoms with Gasteiger partial charge in [-0.25, -0.2) is 9.97 Å². The molecule has 0 radical (unpaired) electrons. The van der Waals surface area contributed by atoms with Gasteiger partial charge in [-0.05, 0) is 18.1 Å². The predicted molar refractivity (Wildman–Crippen MR) is 103 cm³/mol. The van der Waals surface area contributed by atoms with Gasteiger partial charge in [0, 0.05) is 18.5 Å². The lowest BCUT2D eigenvalue weighted by Gasteiger charge is -2.19. The third-order valence-corrected chi connectivity index (χ3v) is 4.98. The number of carbonyl (C=O) groups is 2. The highest BCUT2D eigenvalue weighted by molar-refractivity contribution is 8.01. The molecule has 9 nitrogen and oxygen atoms in total. The molecule has 1 aromatic carbocycles. The lowest BCUT2D eigenvalue weighted by atomic mass is 10.1. The molecular weight excluding hydrogens is 370 g/mol. The third-order valence-electron chi connectivity index (χ3n) is 3.43. The first-order chi connectivity index (χ1) is 12.9. The SMILES string of the molecule is CC(C)C(SCC(=O)Nc1ncccn1)C(=O)Nc1ccccc1[N+](=O)[O-]. The maximum atomic E-state index is 12.6. The van der Waals surface area contributed by atoms with Crippen molar-refractivity contribution in [3.05, 3.63) is 52.8 Å². The van der Waals surface area contributed by atoms with Gasteiger partial charge in [-0.3, -0.25) is 25.0 Å². The summed E-state index contributed by atoms with van der Waals surface area (Å²) in [6, 6.07) is 7.55. The van der Waals surface area contributed by atoms with E-state index in [2.05, 4.69) is 20.6 Å². The van der Waals surface area contributed by atoms with Crippen LogP contribution in [0, 0.1) is 16.0 Å². The van der Waals surface area contributed by atoms with Crippen molar-refractivity contribution in [1.29, 1.82) is 0 Å². The summed E-state index contributed by atoms with van der Waals surface area (Å²) >= 11 is 1.15. The number of nitrogens with zero attached hydrogens (tertiary/aromatic N) is 3. The Labute approximate surface area is 160 Å². The number of rotatable bonds is 8. The first-order valence-corrected chi connectivity index (χ1v) is 9.16. The summed E-state index contributed by atoms with van der Waals surface area (Å²) < 4.78 is 0. The summed E-state index contributed by atoms with van der Waals surface area (Å²) in [5, 5.41) is 15.7. The van der Waals surface area contributed by atoms with Crippen LogP contribution in [0.15, 0.2) is 42.7 Å². The molecule has 1 heterocycles. The van der Waals surface area contributed by atoms with Crippen LogP contribution in [0.25, 0.3) is 0 Å². The zero-order valence-corrected chi connectivity index (χ0v) is 15.6. The van der Waals surface area contributed by atoms with E-state index in [1.54, 1.807) is 12.1 Å². The van der Waals surface area contributed by atoms with E-state index in [9.17, 15) is 19.7 Å². The van der Waals surface area contributed by atoms with Crippen LogP contribution in [0.1, 0.15) is 13.8 Å². The number of hydrogen-bond donors (Lipinski definition) is 2. The van der Waals surface area contributed by atoms with Gasteiger partial charge in [0.15, 0.2) is 0 Å². The molecule has 0 bridgehead atoms. The Hall–Kier alpha value is -3.01. The number of nitrogens with one attached hydrogen (secondary N) is 2. The molecule has 2 N–H and O–H groups in total. The fourth-order valence-electron chi connectivity index (χ4n) is 2.20. The van der Waals surface area contributed by atoms with Crippen molar-refractivity contribution in [3.8, 4) is 0 Å². The van der Waals surface area contributed by atoms with Gasteiger partial charge < -0.3 is 5.32 Å². The van der Waals surface area contributed by atoms with Gasteiger partial charge in [0.25, 0.3) is 5.69 Å². The maximum Gasteiger partial charge on any atom is 0.292 e. The molecule has 0 aliphatic carbocycles. The highest BCUT2D eigenvalue weighted by Gasteiger charge is 2.26. The number of amides is 2. The summed E-state index contributed by atoms with van der Waals surface area (Å²) in [4.78, 5) is 42.9. The highest BCUT2D eigenvalue weighted by Crippen LogP contribution is 2.26. The Morgan fingerprint density at radius 2 is 1.81 bits per heavy atom. The lowest BCUT2D eigenvalue weighted by molar-refractivity contribution is -0.383. The third kappa shape index (κ3) is 6.03. The van der Waals surface area contributed by atoms with Crippen molar-refractivity contribution in [2.24, 2.45) is 5.92 Å². The summed E-state index contributed by atoms with van der Waals surface area (Å²) in [5.41, 5.74) is -0.0572. The second kappa shape index (κ2) is 9.62. The van der Waals surface area contributed by atoms with Crippen LogP contribution in [0.3, 0.4) is 0 Å². The summed E-state index contributed by atoms with van der Waals surface area (Å²) in [7, 11) is 0. The van der Waals surface area contributed by atoms with Gasteiger partial charge in [-0.15, -0.1) is 11.8 Å². The molecule has 1 aromatic heterocycles. The summed E-state index contributed by atoms with van der Waals surface area (Å²) in [6.07, 6.45) is 3.01. The second-order valence-electron chi connectivity index (χ2n) is 5.86. The molecule has 2 amide bonds. The lowest BCUT2D eigenvalue weighted by Crippen LogP contribution is -2.31. The van der Waals surface area contributed by atoms with Crippen LogP contribution in [0.2, 0.25) is 0 Å². The average molecular weight is 389 g/mol. The summed E-state index contributed by atoms with van der Waals surface area (Å²) in [6.45, 7) is 3.68. The Kier molecular flexibility index (Phi) is 7.24. The molecule has 0 saturated heterocycles. The zero-order chi connectivity index (χ0) is 19.8. The fraction of sp³-hybridized carbons (Fsp3) is 0.294. The minimum absolute atomic E-state index is 0.0192. The van der Waals surface area contributed by atoms with Gasteiger partial charge in [-0.1, -0.05) is 26.0 Å². The molecule has 1 unspecified atom stereocenters. The molecular formula is C17H19N5O4S. The van der Waals surface area contributed by atoms with Crippen molar-refractivity contribution in [2.45, 2.75) is 19.1 Å². The van der Waals surface area contributed by atoms with Crippen LogP contribution in [0.4, 0.5) is 17.3 Å². The van der Waals surface area contributed by atoms with Crippen LogP contribution in [0.5, 0.6) is 0 Å². The molecule has 0 spiro atoms. The number of nitro benzene ring substituents is 1. The van der Waals surface area contributed by atoms with E-state index < -0.39 is 16.1 Å². The predicted octanol–water partition coefficient (Wildman–Crippen LogP) is 2.72. The van der Waals surface area contributed by atoms with E-state index in [4.69, 9.17) is 0 Å². The van der Waals surface area contributed by atoms with Crippen molar-refractivity contribution >= 4 is 40.9 Å². The molecule has 2 rings (SSSR count). The highest BCUT2D eigenvalue weighted by atomic mass is 32.2. The van der Waals surface area contributed by atoms with Crippen LogP contribution >= 0.6 is 11.8 Å². The number of anilines is 2. The summed E-state index contributed by atoms with van der Waals surface area (Å²) in [5.74, 6) is -0.610. The quantitative estimate of drug-likeness (QED) is 0.525. The first kappa shape index (κ1) is 20.3. The number of benzene rings is 1. The Balaban J connectivity index is 1.99. The number of nitro groups is 1.